The Morgan fingerprint density at radius 2 is 2.05 bits per heavy atom. The van der Waals surface area contributed by atoms with E-state index >= 15 is 0 Å². The number of hydrogen-bond acceptors (Lipinski definition) is 3. The summed E-state index contributed by atoms with van der Waals surface area (Å²) in [5.74, 6) is -0.330. The Morgan fingerprint density at radius 1 is 1.23 bits per heavy atom. The third-order valence-electron chi connectivity index (χ3n) is 3.91. The van der Waals surface area contributed by atoms with Crippen LogP contribution >= 0.6 is 0 Å². The van der Waals surface area contributed by atoms with E-state index in [1.165, 1.54) is 6.07 Å². The monoisotopic (exact) mass is 299 g/mol. The van der Waals surface area contributed by atoms with Crippen molar-refractivity contribution in [2.45, 2.75) is 31.5 Å². The fourth-order valence-corrected chi connectivity index (χ4v) is 2.78. The number of benzene rings is 1. The molecule has 5 heteroatoms. The Kier molecular flexibility index (Phi) is 4.44. The van der Waals surface area contributed by atoms with Crippen LogP contribution in [0.4, 0.5) is 4.39 Å². The Hall–Kier alpha value is -2.27. The first kappa shape index (κ1) is 14.7. The first-order valence-electron chi connectivity index (χ1n) is 7.41. The van der Waals surface area contributed by atoms with Gasteiger partial charge in [-0.25, -0.2) is 4.39 Å². The lowest BCUT2D eigenvalue weighted by Gasteiger charge is -2.33. The molecule has 1 aromatic carbocycles. The average molecular weight is 299 g/mol. The standard InChI is InChI=1S/C17H18FN3O/c18-14-7-2-1-6-13(14)17-15(8-9-16(22)21-17)20-11-12-5-3-4-10-19-12/h1-7,10,15,17,20H,8-9,11H2,(H,21,22)/t15-,17+/m1/s1. The van der Waals surface area contributed by atoms with Crippen molar-refractivity contribution in [2.75, 3.05) is 0 Å². The van der Waals surface area contributed by atoms with Crippen LogP contribution in [0.1, 0.15) is 30.1 Å². The van der Waals surface area contributed by atoms with Crippen molar-refractivity contribution in [3.05, 3.63) is 65.7 Å². The van der Waals surface area contributed by atoms with E-state index in [0.717, 1.165) is 5.69 Å². The van der Waals surface area contributed by atoms with Gasteiger partial charge in [-0.1, -0.05) is 24.3 Å². The third kappa shape index (κ3) is 3.31. The van der Waals surface area contributed by atoms with Gasteiger partial charge in [0.25, 0.3) is 0 Å². The van der Waals surface area contributed by atoms with Crippen molar-refractivity contribution in [2.24, 2.45) is 0 Å². The van der Waals surface area contributed by atoms with Crippen molar-refractivity contribution in [3.8, 4) is 0 Å². The molecule has 3 rings (SSSR count). The van der Waals surface area contributed by atoms with E-state index in [-0.39, 0.29) is 23.8 Å². The highest BCUT2D eigenvalue weighted by atomic mass is 19.1. The Morgan fingerprint density at radius 3 is 2.82 bits per heavy atom. The van der Waals surface area contributed by atoms with Crippen LogP contribution in [0.5, 0.6) is 0 Å². The van der Waals surface area contributed by atoms with Crippen LogP contribution in [-0.2, 0) is 11.3 Å². The lowest BCUT2D eigenvalue weighted by molar-refractivity contribution is -0.123. The summed E-state index contributed by atoms with van der Waals surface area (Å²) in [5.41, 5.74) is 1.45. The van der Waals surface area contributed by atoms with Gasteiger partial charge in [-0.3, -0.25) is 9.78 Å². The SMILES string of the molecule is O=C1CC[C@@H](NCc2ccccn2)[C@H](c2ccccc2F)N1. The fraction of sp³-hybridized carbons (Fsp3) is 0.294. The largest absolute Gasteiger partial charge is 0.348 e. The molecule has 1 aromatic heterocycles. The van der Waals surface area contributed by atoms with Gasteiger partial charge in [-0.2, -0.15) is 0 Å². The molecule has 1 amide bonds. The number of amides is 1. The van der Waals surface area contributed by atoms with Crippen molar-refractivity contribution in [3.63, 3.8) is 0 Å². The van der Waals surface area contributed by atoms with Crippen LogP contribution in [0.2, 0.25) is 0 Å². The van der Waals surface area contributed by atoms with Crippen LogP contribution < -0.4 is 10.6 Å². The van der Waals surface area contributed by atoms with Crippen LogP contribution in [0, 0.1) is 5.82 Å². The summed E-state index contributed by atoms with van der Waals surface area (Å²) in [6.07, 6.45) is 2.87. The molecule has 4 nitrogen and oxygen atoms in total. The zero-order valence-electron chi connectivity index (χ0n) is 12.1. The quantitative estimate of drug-likeness (QED) is 0.911. The number of piperidine rings is 1. The Bertz CT molecular complexity index is 647. The summed E-state index contributed by atoms with van der Waals surface area (Å²) in [5, 5.41) is 6.29. The number of nitrogens with zero attached hydrogens (tertiary/aromatic N) is 1. The zero-order valence-corrected chi connectivity index (χ0v) is 12.1. The second kappa shape index (κ2) is 6.66. The van der Waals surface area contributed by atoms with Gasteiger partial charge >= 0.3 is 0 Å². The number of rotatable bonds is 4. The molecule has 2 N–H and O–H groups in total. The van der Waals surface area contributed by atoms with E-state index in [0.29, 0.717) is 24.9 Å². The van der Waals surface area contributed by atoms with Gasteiger partial charge < -0.3 is 10.6 Å². The van der Waals surface area contributed by atoms with Crippen molar-refractivity contribution in [1.29, 1.82) is 0 Å². The van der Waals surface area contributed by atoms with Crippen molar-refractivity contribution >= 4 is 5.91 Å². The minimum atomic E-state index is -0.355. The minimum absolute atomic E-state index is 0.0170. The van der Waals surface area contributed by atoms with Crippen LogP contribution in [0.15, 0.2) is 48.7 Å². The summed E-state index contributed by atoms with van der Waals surface area (Å²) in [6.45, 7) is 0.590. The molecule has 0 radical (unpaired) electrons. The van der Waals surface area contributed by atoms with Gasteiger partial charge in [0.05, 0.1) is 11.7 Å². The number of carbonyl (C=O) groups excluding carboxylic acids is 1. The van der Waals surface area contributed by atoms with E-state index in [2.05, 4.69) is 15.6 Å². The average Bonchev–Trinajstić information content (AvgIpc) is 2.55. The predicted octanol–water partition coefficient (Wildman–Crippen LogP) is 2.33. The molecule has 22 heavy (non-hydrogen) atoms. The first-order valence-corrected chi connectivity index (χ1v) is 7.41. The van der Waals surface area contributed by atoms with Gasteiger partial charge in [0.15, 0.2) is 0 Å². The summed E-state index contributed by atoms with van der Waals surface area (Å²) >= 11 is 0. The summed E-state index contributed by atoms with van der Waals surface area (Å²) in [6, 6.07) is 11.9. The minimum Gasteiger partial charge on any atom is -0.348 e. The van der Waals surface area contributed by atoms with E-state index in [1.54, 1.807) is 24.4 Å². The highest BCUT2D eigenvalue weighted by molar-refractivity contribution is 5.77. The Labute approximate surface area is 128 Å². The third-order valence-corrected chi connectivity index (χ3v) is 3.91. The second-order valence-corrected chi connectivity index (χ2v) is 5.41. The fourth-order valence-electron chi connectivity index (χ4n) is 2.78. The molecule has 0 spiro atoms. The summed E-state index contributed by atoms with van der Waals surface area (Å²) in [4.78, 5) is 16.0. The smallest absolute Gasteiger partial charge is 0.220 e. The normalized spacial score (nSPS) is 21.4. The van der Waals surface area contributed by atoms with Gasteiger partial charge in [-0.05, 0) is 24.6 Å². The molecular formula is C17H18FN3O. The molecule has 0 bridgehead atoms. The van der Waals surface area contributed by atoms with Crippen LogP contribution in [-0.4, -0.2) is 16.9 Å². The van der Waals surface area contributed by atoms with Gasteiger partial charge in [0.1, 0.15) is 5.82 Å². The lowest BCUT2D eigenvalue weighted by Crippen LogP contribution is -2.48. The predicted molar refractivity (Wildman–Crippen MR) is 81.4 cm³/mol. The molecule has 0 saturated carbocycles. The van der Waals surface area contributed by atoms with Gasteiger partial charge in [0, 0.05) is 30.8 Å². The molecule has 1 aliphatic heterocycles. The molecule has 114 valence electrons. The maximum absolute atomic E-state index is 14.0. The van der Waals surface area contributed by atoms with Gasteiger partial charge in [0.2, 0.25) is 5.91 Å². The van der Waals surface area contributed by atoms with Gasteiger partial charge in [-0.15, -0.1) is 0 Å². The second-order valence-electron chi connectivity index (χ2n) is 5.41. The molecule has 1 fully saturated rings. The maximum atomic E-state index is 14.0. The van der Waals surface area contributed by atoms with Crippen molar-refractivity contribution < 1.29 is 9.18 Å². The topological polar surface area (TPSA) is 54.0 Å². The van der Waals surface area contributed by atoms with Crippen LogP contribution in [0.25, 0.3) is 0 Å². The number of aromatic nitrogens is 1. The van der Waals surface area contributed by atoms with E-state index in [9.17, 15) is 9.18 Å². The van der Waals surface area contributed by atoms with Crippen molar-refractivity contribution in [1.82, 2.24) is 15.6 Å². The number of carbonyl (C=O) groups is 1. The highest BCUT2D eigenvalue weighted by Gasteiger charge is 2.31. The molecule has 0 aliphatic carbocycles. The zero-order chi connectivity index (χ0) is 15.4. The molecule has 0 unspecified atom stereocenters. The Balaban J connectivity index is 1.76. The summed E-state index contributed by atoms with van der Waals surface area (Å²) < 4.78 is 14.0. The van der Waals surface area contributed by atoms with E-state index in [1.807, 2.05) is 18.2 Å². The van der Waals surface area contributed by atoms with E-state index in [4.69, 9.17) is 0 Å². The number of nitrogens with one attached hydrogen (secondary N) is 2. The molecular weight excluding hydrogens is 281 g/mol. The number of hydrogen-bond donors (Lipinski definition) is 2. The highest BCUT2D eigenvalue weighted by Crippen LogP contribution is 2.26. The number of halogens is 1. The summed E-state index contributed by atoms with van der Waals surface area (Å²) in [7, 11) is 0. The molecule has 1 aliphatic rings. The van der Waals surface area contributed by atoms with E-state index < -0.39 is 0 Å². The number of pyridine rings is 1. The van der Waals surface area contributed by atoms with Crippen LogP contribution in [0.3, 0.4) is 0 Å². The molecule has 1 saturated heterocycles. The molecule has 2 heterocycles. The first-order chi connectivity index (χ1) is 10.7. The molecule has 2 aromatic rings. The maximum Gasteiger partial charge on any atom is 0.220 e. The molecule has 2 atom stereocenters. The lowest BCUT2D eigenvalue weighted by atomic mass is 9.91.